The minimum absolute atomic E-state index is 0.228. The Balaban J connectivity index is 2.24. The molecule has 0 spiro atoms. The molecule has 0 aromatic carbocycles. The number of nitrogens with zero attached hydrogens (tertiary/aromatic N) is 4. The lowest BCUT2D eigenvalue weighted by Gasteiger charge is -2.26. The van der Waals surface area contributed by atoms with Crippen molar-refractivity contribution in [2.75, 3.05) is 38.6 Å². The fourth-order valence-electron chi connectivity index (χ4n) is 2.51. The first-order chi connectivity index (χ1) is 9.54. The van der Waals surface area contributed by atoms with Crippen LogP contribution in [0.5, 0.6) is 0 Å². The second kappa shape index (κ2) is 6.56. The average Bonchev–Trinajstić information content (AvgIpc) is 2.88. The van der Waals surface area contributed by atoms with Gasteiger partial charge in [-0.25, -0.2) is 4.68 Å². The van der Waals surface area contributed by atoms with Crippen LogP contribution in [0.15, 0.2) is 11.0 Å². The largest absolute Gasteiger partial charge is 0.365 e. The Labute approximate surface area is 124 Å². The maximum absolute atomic E-state index is 12.2. The maximum atomic E-state index is 12.2. The SMILES string of the molecule is CN(C)CCn1ncc(N2CCCC2CN)c(Cl)c1=O. The highest BCUT2D eigenvalue weighted by molar-refractivity contribution is 6.33. The Morgan fingerprint density at radius 1 is 1.55 bits per heavy atom. The number of likely N-dealkylation sites (N-methyl/N-ethyl adjacent to an activating group) is 1. The van der Waals surface area contributed by atoms with Gasteiger partial charge in [-0.3, -0.25) is 4.79 Å². The molecule has 0 aliphatic carbocycles. The van der Waals surface area contributed by atoms with Gasteiger partial charge in [-0.1, -0.05) is 11.6 Å². The van der Waals surface area contributed by atoms with Crippen LogP contribution < -0.4 is 16.2 Å². The number of aromatic nitrogens is 2. The number of rotatable bonds is 5. The Morgan fingerprint density at radius 3 is 2.95 bits per heavy atom. The van der Waals surface area contributed by atoms with Crippen molar-refractivity contribution in [1.82, 2.24) is 14.7 Å². The van der Waals surface area contributed by atoms with E-state index < -0.39 is 0 Å². The van der Waals surface area contributed by atoms with E-state index in [-0.39, 0.29) is 16.6 Å². The Bertz CT molecular complexity index is 516. The fourth-order valence-corrected chi connectivity index (χ4v) is 2.76. The van der Waals surface area contributed by atoms with Crippen LogP contribution in [-0.4, -0.2) is 54.5 Å². The van der Waals surface area contributed by atoms with Gasteiger partial charge in [0.2, 0.25) is 0 Å². The lowest BCUT2D eigenvalue weighted by molar-refractivity contribution is 0.367. The van der Waals surface area contributed by atoms with E-state index in [1.165, 1.54) is 4.68 Å². The second-order valence-electron chi connectivity index (χ2n) is 5.40. The van der Waals surface area contributed by atoms with Gasteiger partial charge in [-0.15, -0.1) is 0 Å². The van der Waals surface area contributed by atoms with Crippen molar-refractivity contribution in [2.45, 2.75) is 25.4 Å². The molecule has 1 saturated heterocycles. The Kier molecular flexibility index (Phi) is 5.01. The molecule has 0 radical (unpaired) electrons. The summed E-state index contributed by atoms with van der Waals surface area (Å²) in [7, 11) is 3.91. The van der Waals surface area contributed by atoms with E-state index in [9.17, 15) is 4.79 Å². The molecular weight excluding hydrogens is 278 g/mol. The quantitative estimate of drug-likeness (QED) is 0.852. The van der Waals surface area contributed by atoms with Crippen molar-refractivity contribution >= 4 is 17.3 Å². The lowest BCUT2D eigenvalue weighted by Crippen LogP contribution is -2.37. The van der Waals surface area contributed by atoms with Crippen LogP contribution in [0.1, 0.15) is 12.8 Å². The van der Waals surface area contributed by atoms with Crippen LogP contribution in [0.3, 0.4) is 0 Å². The Morgan fingerprint density at radius 2 is 2.30 bits per heavy atom. The van der Waals surface area contributed by atoms with Gasteiger partial charge in [0, 0.05) is 25.7 Å². The van der Waals surface area contributed by atoms with Crippen LogP contribution >= 0.6 is 11.6 Å². The summed E-state index contributed by atoms with van der Waals surface area (Å²) in [4.78, 5) is 16.4. The van der Waals surface area contributed by atoms with Gasteiger partial charge in [0.1, 0.15) is 5.02 Å². The van der Waals surface area contributed by atoms with Gasteiger partial charge in [-0.05, 0) is 26.9 Å². The van der Waals surface area contributed by atoms with Crippen LogP contribution in [0.25, 0.3) is 0 Å². The van der Waals surface area contributed by atoms with Gasteiger partial charge in [0.05, 0.1) is 18.4 Å². The van der Waals surface area contributed by atoms with Crippen molar-refractivity contribution in [3.05, 3.63) is 21.6 Å². The number of hydrogen-bond acceptors (Lipinski definition) is 5. The molecule has 1 unspecified atom stereocenters. The zero-order valence-corrected chi connectivity index (χ0v) is 12.8. The molecule has 1 aromatic heterocycles. The number of nitrogens with two attached hydrogens (primary N) is 1. The number of anilines is 1. The highest BCUT2D eigenvalue weighted by Gasteiger charge is 2.26. The third-order valence-corrected chi connectivity index (χ3v) is 4.04. The van der Waals surface area contributed by atoms with Gasteiger partial charge >= 0.3 is 0 Å². The molecular formula is C13H22ClN5O. The lowest BCUT2D eigenvalue weighted by atomic mass is 10.2. The molecule has 112 valence electrons. The predicted octanol–water partition coefficient (Wildman–Crippen LogP) is 0.386. The summed E-state index contributed by atoms with van der Waals surface area (Å²) in [6, 6.07) is 0.256. The van der Waals surface area contributed by atoms with Crippen LogP contribution in [0.2, 0.25) is 5.02 Å². The predicted molar refractivity (Wildman–Crippen MR) is 81.5 cm³/mol. The molecule has 2 rings (SSSR count). The maximum Gasteiger partial charge on any atom is 0.287 e. The smallest absolute Gasteiger partial charge is 0.287 e. The summed E-state index contributed by atoms with van der Waals surface area (Å²) in [5, 5.41) is 4.48. The van der Waals surface area contributed by atoms with Gasteiger partial charge in [-0.2, -0.15) is 5.10 Å². The summed E-state index contributed by atoms with van der Waals surface area (Å²) in [5.74, 6) is 0. The van der Waals surface area contributed by atoms with E-state index in [0.717, 1.165) is 25.9 Å². The number of hydrogen-bond donors (Lipinski definition) is 1. The fraction of sp³-hybridized carbons (Fsp3) is 0.692. The van der Waals surface area contributed by atoms with Crippen LogP contribution in [-0.2, 0) is 6.54 Å². The summed E-state index contributed by atoms with van der Waals surface area (Å²) in [5.41, 5.74) is 6.25. The molecule has 1 aromatic rings. The molecule has 20 heavy (non-hydrogen) atoms. The number of halogens is 1. The van der Waals surface area contributed by atoms with E-state index in [0.29, 0.717) is 18.8 Å². The van der Waals surface area contributed by atoms with E-state index >= 15 is 0 Å². The summed E-state index contributed by atoms with van der Waals surface area (Å²) >= 11 is 6.25. The summed E-state index contributed by atoms with van der Waals surface area (Å²) in [6.45, 7) is 2.73. The van der Waals surface area contributed by atoms with Crippen LogP contribution in [0.4, 0.5) is 5.69 Å². The molecule has 2 heterocycles. The molecule has 7 heteroatoms. The first kappa shape index (κ1) is 15.3. The van der Waals surface area contributed by atoms with Gasteiger partial charge in [0.25, 0.3) is 5.56 Å². The van der Waals surface area contributed by atoms with E-state index in [2.05, 4.69) is 10.00 Å². The van der Waals surface area contributed by atoms with Crippen molar-refractivity contribution in [2.24, 2.45) is 5.73 Å². The van der Waals surface area contributed by atoms with Crippen molar-refractivity contribution in [3.63, 3.8) is 0 Å². The third kappa shape index (κ3) is 3.13. The van der Waals surface area contributed by atoms with Crippen molar-refractivity contribution in [3.8, 4) is 0 Å². The topological polar surface area (TPSA) is 67.4 Å². The Hall–Kier alpha value is -1.11. The molecule has 2 N–H and O–H groups in total. The van der Waals surface area contributed by atoms with Crippen molar-refractivity contribution in [1.29, 1.82) is 0 Å². The first-order valence-electron chi connectivity index (χ1n) is 6.91. The minimum Gasteiger partial charge on any atom is -0.365 e. The molecule has 1 fully saturated rings. The molecule has 0 saturated carbocycles. The van der Waals surface area contributed by atoms with Gasteiger partial charge in [0.15, 0.2) is 0 Å². The highest BCUT2D eigenvalue weighted by Crippen LogP contribution is 2.28. The molecule has 6 nitrogen and oxygen atoms in total. The first-order valence-corrected chi connectivity index (χ1v) is 7.29. The van der Waals surface area contributed by atoms with Gasteiger partial charge < -0.3 is 15.5 Å². The molecule has 1 aliphatic rings. The van der Waals surface area contributed by atoms with Crippen LogP contribution in [0, 0.1) is 0 Å². The molecule has 1 atom stereocenters. The average molecular weight is 300 g/mol. The zero-order valence-electron chi connectivity index (χ0n) is 12.0. The normalized spacial score (nSPS) is 19.1. The monoisotopic (exact) mass is 299 g/mol. The molecule has 0 bridgehead atoms. The van der Waals surface area contributed by atoms with E-state index in [1.807, 2.05) is 19.0 Å². The highest BCUT2D eigenvalue weighted by atomic mass is 35.5. The molecule has 0 amide bonds. The van der Waals surface area contributed by atoms with E-state index in [1.54, 1.807) is 6.20 Å². The second-order valence-corrected chi connectivity index (χ2v) is 5.78. The summed E-state index contributed by atoms with van der Waals surface area (Å²) in [6.07, 6.45) is 3.80. The standard InChI is InChI=1S/C13H22ClN5O/c1-17(2)6-7-19-13(20)12(14)11(9-16-19)18-5-3-4-10(18)8-15/h9-10H,3-8,15H2,1-2H3. The zero-order chi connectivity index (χ0) is 14.7. The molecule has 1 aliphatic heterocycles. The minimum atomic E-state index is -0.228. The van der Waals surface area contributed by atoms with E-state index in [4.69, 9.17) is 17.3 Å². The summed E-state index contributed by atoms with van der Waals surface area (Å²) < 4.78 is 1.42. The van der Waals surface area contributed by atoms with Crippen molar-refractivity contribution < 1.29 is 0 Å². The third-order valence-electron chi connectivity index (χ3n) is 3.68.